The first kappa shape index (κ1) is 21.4. The summed E-state index contributed by atoms with van der Waals surface area (Å²) in [6.07, 6.45) is 0. The molecule has 0 spiro atoms. The van der Waals surface area contributed by atoms with Gasteiger partial charge in [-0.25, -0.2) is 0 Å². The zero-order valence-electron chi connectivity index (χ0n) is 18.3. The summed E-state index contributed by atoms with van der Waals surface area (Å²) in [5, 5.41) is 11.2. The number of rotatable bonds is 5. The Kier molecular flexibility index (Phi) is 5.82. The van der Waals surface area contributed by atoms with Gasteiger partial charge in [-0.2, -0.15) is 0 Å². The van der Waals surface area contributed by atoms with Crippen LogP contribution in [0.1, 0.15) is 35.2 Å². The molecule has 1 unspecified atom stereocenters. The number of hydrogen-bond donors (Lipinski definition) is 1. The highest BCUT2D eigenvalue weighted by molar-refractivity contribution is 6.51. The summed E-state index contributed by atoms with van der Waals surface area (Å²) in [5.74, 6) is -0.931. The number of aryl methyl sites for hydroxylation is 2. The molecule has 0 radical (unpaired) electrons. The minimum absolute atomic E-state index is 0.0655. The van der Waals surface area contributed by atoms with Crippen LogP contribution in [0, 0.1) is 13.8 Å². The number of aliphatic hydroxyl groups excluding tert-OH is 1. The van der Waals surface area contributed by atoms with Crippen molar-refractivity contribution in [1.82, 2.24) is 0 Å². The van der Waals surface area contributed by atoms with Gasteiger partial charge in [-0.3, -0.25) is 14.5 Å². The van der Waals surface area contributed by atoms with E-state index in [1.54, 1.807) is 12.1 Å². The first-order valence-corrected chi connectivity index (χ1v) is 10.6. The number of aliphatic hydroxyl groups is 1. The van der Waals surface area contributed by atoms with E-state index in [1.807, 2.05) is 81.4 Å². The van der Waals surface area contributed by atoms with Gasteiger partial charge in [0, 0.05) is 11.3 Å². The number of Topliss-reactive ketones (excluding diaryl/α,β-unsaturated/α-hetero) is 1. The summed E-state index contributed by atoms with van der Waals surface area (Å²) in [7, 11) is 0. The van der Waals surface area contributed by atoms with Crippen LogP contribution in [-0.2, 0) is 9.59 Å². The van der Waals surface area contributed by atoms with Gasteiger partial charge in [0.2, 0.25) is 0 Å². The lowest BCUT2D eigenvalue weighted by Crippen LogP contribution is -2.30. The maximum Gasteiger partial charge on any atom is 0.300 e. The molecule has 1 aliphatic heterocycles. The number of nitrogens with zero attached hydrogens (tertiary/aromatic N) is 1. The summed E-state index contributed by atoms with van der Waals surface area (Å²) in [6.45, 7) is 6.22. The molecular weight excluding hydrogens is 402 g/mol. The highest BCUT2D eigenvalue weighted by Gasteiger charge is 2.47. The molecule has 1 heterocycles. The normalized spacial score (nSPS) is 17.6. The Balaban J connectivity index is 1.96. The summed E-state index contributed by atoms with van der Waals surface area (Å²) in [4.78, 5) is 28.0. The van der Waals surface area contributed by atoms with Crippen molar-refractivity contribution in [3.05, 3.63) is 101 Å². The van der Waals surface area contributed by atoms with Gasteiger partial charge in [-0.1, -0.05) is 60.2 Å². The molecule has 5 nitrogen and oxygen atoms in total. The van der Waals surface area contributed by atoms with E-state index in [0.29, 0.717) is 29.2 Å². The molecule has 162 valence electrons. The Morgan fingerprint density at radius 2 is 1.69 bits per heavy atom. The van der Waals surface area contributed by atoms with E-state index in [9.17, 15) is 14.7 Å². The fourth-order valence-electron chi connectivity index (χ4n) is 4.04. The zero-order chi connectivity index (χ0) is 22.8. The second-order valence-electron chi connectivity index (χ2n) is 7.83. The molecule has 1 saturated heterocycles. The SMILES string of the molecule is CCOc1cccc(C2/C(=C(/O)c3ccc(C)cc3)C(=O)C(=O)N2c2ccccc2C)c1. The molecule has 1 fully saturated rings. The number of ketones is 1. The lowest BCUT2D eigenvalue weighted by atomic mass is 9.94. The first-order chi connectivity index (χ1) is 15.4. The average Bonchev–Trinajstić information content (AvgIpc) is 3.05. The van der Waals surface area contributed by atoms with Gasteiger partial charge in [-0.15, -0.1) is 0 Å². The van der Waals surface area contributed by atoms with Crippen molar-refractivity contribution < 1.29 is 19.4 Å². The fraction of sp³-hybridized carbons (Fsp3) is 0.185. The third-order valence-corrected chi connectivity index (χ3v) is 5.63. The number of benzene rings is 3. The Hall–Kier alpha value is -3.86. The molecular formula is C27H25NO4. The van der Waals surface area contributed by atoms with E-state index in [-0.39, 0.29) is 11.3 Å². The molecule has 1 aliphatic rings. The maximum absolute atomic E-state index is 13.3. The van der Waals surface area contributed by atoms with Gasteiger partial charge >= 0.3 is 0 Å². The van der Waals surface area contributed by atoms with Crippen LogP contribution in [0.4, 0.5) is 5.69 Å². The number of amides is 1. The minimum atomic E-state index is -0.780. The van der Waals surface area contributed by atoms with E-state index < -0.39 is 17.7 Å². The van der Waals surface area contributed by atoms with Crippen molar-refractivity contribution in [2.24, 2.45) is 0 Å². The summed E-state index contributed by atoms with van der Waals surface area (Å²) in [5.41, 5.74) is 3.76. The van der Waals surface area contributed by atoms with E-state index in [1.165, 1.54) is 4.90 Å². The number of ether oxygens (including phenoxy) is 1. The maximum atomic E-state index is 13.3. The molecule has 0 bridgehead atoms. The topological polar surface area (TPSA) is 66.8 Å². The monoisotopic (exact) mass is 427 g/mol. The van der Waals surface area contributed by atoms with Crippen LogP contribution >= 0.6 is 0 Å². The third kappa shape index (κ3) is 3.78. The van der Waals surface area contributed by atoms with Crippen LogP contribution in [0.3, 0.4) is 0 Å². The van der Waals surface area contributed by atoms with Crippen LogP contribution in [0.25, 0.3) is 5.76 Å². The Labute approximate surface area is 187 Å². The lowest BCUT2D eigenvalue weighted by molar-refractivity contribution is -0.132. The molecule has 1 amide bonds. The van der Waals surface area contributed by atoms with Crippen LogP contribution in [0.5, 0.6) is 5.75 Å². The van der Waals surface area contributed by atoms with E-state index in [4.69, 9.17) is 4.74 Å². The highest BCUT2D eigenvalue weighted by Crippen LogP contribution is 2.43. The summed E-state index contributed by atoms with van der Waals surface area (Å²) < 4.78 is 5.65. The number of hydrogen-bond acceptors (Lipinski definition) is 4. The molecule has 1 N–H and O–H groups in total. The standard InChI is InChI=1S/C27H25NO4/c1-4-32-21-10-7-9-20(16-21)24-23(25(29)19-14-12-17(2)13-15-19)26(30)27(31)28(24)22-11-6-5-8-18(22)3/h5-16,24,29H,4H2,1-3H3/b25-23-. The number of para-hydroxylation sites is 1. The smallest absolute Gasteiger partial charge is 0.300 e. The van der Waals surface area contributed by atoms with Crippen LogP contribution in [0.15, 0.2) is 78.4 Å². The average molecular weight is 428 g/mol. The molecule has 0 aliphatic carbocycles. The zero-order valence-corrected chi connectivity index (χ0v) is 18.3. The van der Waals surface area contributed by atoms with Gasteiger partial charge < -0.3 is 9.84 Å². The molecule has 3 aromatic rings. The third-order valence-electron chi connectivity index (χ3n) is 5.63. The fourth-order valence-corrected chi connectivity index (χ4v) is 4.04. The van der Waals surface area contributed by atoms with E-state index in [0.717, 1.165) is 11.1 Å². The van der Waals surface area contributed by atoms with Gasteiger partial charge in [0.15, 0.2) is 0 Å². The Morgan fingerprint density at radius 1 is 0.969 bits per heavy atom. The van der Waals surface area contributed by atoms with E-state index in [2.05, 4.69) is 0 Å². The second kappa shape index (κ2) is 8.71. The Bertz CT molecular complexity index is 1210. The van der Waals surface area contributed by atoms with Crippen LogP contribution in [0.2, 0.25) is 0 Å². The van der Waals surface area contributed by atoms with Crippen molar-refractivity contribution in [1.29, 1.82) is 0 Å². The van der Waals surface area contributed by atoms with Gasteiger partial charge in [0.1, 0.15) is 11.5 Å². The van der Waals surface area contributed by atoms with Crippen molar-refractivity contribution in [2.75, 3.05) is 11.5 Å². The largest absolute Gasteiger partial charge is 0.507 e. The predicted molar refractivity (Wildman–Crippen MR) is 125 cm³/mol. The van der Waals surface area contributed by atoms with Crippen LogP contribution in [-0.4, -0.2) is 23.4 Å². The van der Waals surface area contributed by atoms with Gasteiger partial charge in [0.25, 0.3) is 11.7 Å². The quantitative estimate of drug-likeness (QED) is 0.340. The van der Waals surface area contributed by atoms with Gasteiger partial charge in [0.05, 0.1) is 18.2 Å². The van der Waals surface area contributed by atoms with Crippen LogP contribution < -0.4 is 9.64 Å². The van der Waals surface area contributed by atoms with Crippen molar-refractivity contribution in [3.8, 4) is 5.75 Å². The van der Waals surface area contributed by atoms with Crippen molar-refractivity contribution in [2.45, 2.75) is 26.8 Å². The Morgan fingerprint density at radius 3 is 2.38 bits per heavy atom. The molecule has 4 rings (SSSR count). The van der Waals surface area contributed by atoms with Crippen molar-refractivity contribution in [3.63, 3.8) is 0 Å². The van der Waals surface area contributed by atoms with E-state index >= 15 is 0 Å². The highest BCUT2D eigenvalue weighted by atomic mass is 16.5. The second-order valence-corrected chi connectivity index (χ2v) is 7.83. The predicted octanol–water partition coefficient (Wildman–Crippen LogP) is 5.33. The van der Waals surface area contributed by atoms with Gasteiger partial charge in [-0.05, 0) is 50.1 Å². The summed E-state index contributed by atoms with van der Waals surface area (Å²) in [6, 6.07) is 21.2. The first-order valence-electron chi connectivity index (χ1n) is 10.6. The molecule has 0 aromatic heterocycles. The molecule has 5 heteroatoms. The number of anilines is 1. The molecule has 32 heavy (non-hydrogen) atoms. The molecule has 0 saturated carbocycles. The minimum Gasteiger partial charge on any atom is -0.507 e. The molecule has 1 atom stereocenters. The lowest BCUT2D eigenvalue weighted by Gasteiger charge is -2.27. The number of carbonyl (C=O) groups excluding carboxylic acids is 2. The number of carbonyl (C=O) groups is 2. The summed E-state index contributed by atoms with van der Waals surface area (Å²) >= 11 is 0. The van der Waals surface area contributed by atoms with Crippen molar-refractivity contribution >= 4 is 23.1 Å². The molecule has 3 aromatic carbocycles.